The second-order valence-electron chi connectivity index (χ2n) is 4.36. The van der Waals surface area contributed by atoms with E-state index in [1.807, 2.05) is 31.2 Å². The summed E-state index contributed by atoms with van der Waals surface area (Å²) in [5.41, 5.74) is 1.65. The van der Waals surface area contributed by atoms with Gasteiger partial charge in [-0.1, -0.05) is 19.1 Å². The van der Waals surface area contributed by atoms with Crippen LogP contribution in [0.1, 0.15) is 20.3 Å². The zero-order valence-electron chi connectivity index (χ0n) is 10.6. The van der Waals surface area contributed by atoms with Gasteiger partial charge in [0.05, 0.1) is 11.0 Å². The van der Waals surface area contributed by atoms with E-state index >= 15 is 0 Å². The number of hydrogen-bond donors (Lipinski definition) is 2. The number of benzene rings is 1. The Morgan fingerprint density at radius 1 is 1.50 bits per heavy atom. The second-order valence-corrected chi connectivity index (χ2v) is 4.36. The number of carboxylic acid groups (broad SMARTS) is 1. The molecule has 5 nitrogen and oxygen atoms in total. The van der Waals surface area contributed by atoms with Gasteiger partial charge in [-0.25, -0.2) is 4.98 Å². The van der Waals surface area contributed by atoms with Gasteiger partial charge in [0.25, 0.3) is 0 Å². The molecule has 0 spiro atoms. The van der Waals surface area contributed by atoms with Crippen LogP contribution in [0.4, 0.5) is 5.95 Å². The second kappa shape index (κ2) is 5.08. The quantitative estimate of drug-likeness (QED) is 0.851. The summed E-state index contributed by atoms with van der Waals surface area (Å²) in [6.07, 6.45) is 0.955. The molecule has 0 aliphatic carbocycles. The van der Waals surface area contributed by atoms with Crippen LogP contribution in [0.2, 0.25) is 0 Å². The summed E-state index contributed by atoms with van der Waals surface area (Å²) in [6.45, 7) is 4.03. The summed E-state index contributed by atoms with van der Waals surface area (Å²) in [7, 11) is 0. The number of rotatable bonds is 5. The van der Waals surface area contributed by atoms with E-state index in [0.717, 1.165) is 17.5 Å². The predicted octanol–water partition coefficient (Wildman–Crippen LogP) is 2.33. The maximum atomic E-state index is 10.9. The van der Waals surface area contributed by atoms with Crippen LogP contribution in [-0.4, -0.2) is 26.7 Å². The maximum Gasteiger partial charge on any atom is 0.323 e. The molecular weight excluding hydrogens is 230 g/mol. The summed E-state index contributed by atoms with van der Waals surface area (Å²) in [5.74, 6) is -0.252. The van der Waals surface area contributed by atoms with Crippen LogP contribution in [0.15, 0.2) is 24.3 Å². The first-order chi connectivity index (χ1) is 8.61. The highest BCUT2D eigenvalue weighted by Crippen LogP contribution is 2.20. The highest BCUT2D eigenvalue weighted by Gasteiger charge is 2.13. The van der Waals surface area contributed by atoms with Crippen molar-refractivity contribution in [1.82, 2.24) is 9.55 Å². The molecule has 1 unspecified atom stereocenters. The van der Waals surface area contributed by atoms with Crippen molar-refractivity contribution in [2.75, 3.05) is 5.32 Å². The average Bonchev–Trinajstić information content (AvgIpc) is 2.67. The zero-order chi connectivity index (χ0) is 13.1. The lowest BCUT2D eigenvalue weighted by Crippen LogP contribution is -2.19. The SMILES string of the molecule is CCC(C)Nc1nc2ccccc2n1CC(=O)O. The minimum Gasteiger partial charge on any atom is -0.480 e. The van der Waals surface area contributed by atoms with Crippen molar-refractivity contribution in [2.45, 2.75) is 32.9 Å². The van der Waals surface area contributed by atoms with Gasteiger partial charge in [0.1, 0.15) is 6.54 Å². The van der Waals surface area contributed by atoms with Crippen molar-refractivity contribution < 1.29 is 9.90 Å². The maximum absolute atomic E-state index is 10.9. The molecule has 0 saturated carbocycles. The molecule has 18 heavy (non-hydrogen) atoms. The number of hydrogen-bond acceptors (Lipinski definition) is 3. The van der Waals surface area contributed by atoms with Crippen molar-refractivity contribution in [3.63, 3.8) is 0 Å². The molecule has 0 amide bonds. The molecule has 1 aromatic heterocycles. The largest absolute Gasteiger partial charge is 0.480 e. The molecule has 0 radical (unpaired) electrons. The Morgan fingerprint density at radius 2 is 2.22 bits per heavy atom. The Hall–Kier alpha value is -2.04. The van der Waals surface area contributed by atoms with Gasteiger partial charge in [-0.15, -0.1) is 0 Å². The number of fused-ring (bicyclic) bond motifs is 1. The molecule has 96 valence electrons. The highest BCUT2D eigenvalue weighted by atomic mass is 16.4. The lowest BCUT2D eigenvalue weighted by Gasteiger charge is -2.13. The van der Waals surface area contributed by atoms with Gasteiger partial charge in [-0.2, -0.15) is 0 Å². The van der Waals surface area contributed by atoms with Gasteiger partial charge in [0, 0.05) is 6.04 Å². The number of aromatic nitrogens is 2. The van der Waals surface area contributed by atoms with E-state index in [-0.39, 0.29) is 12.6 Å². The lowest BCUT2D eigenvalue weighted by molar-refractivity contribution is -0.137. The van der Waals surface area contributed by atoms with Crippen molar-refractivity contribution in [3.8, 4) is 0 Å². The molecule has 0 saturated heterocycles. The van der Waals surface area contributed by atoms with Crippen LogP contribution in [0.5, 0.6) is 0 Å². The predicted molar refractivity (Wildman–Crippen MR) is 70.7 cm³/mol. The molecule has 1 atom stereocenters. The minimum atomic E-state index is -0.870. The van der Waals surface area contributed by atoms with Crippen LogP contribution in [-0.2, 0) is 11.3 Å². The van der Waals surface area contributed by atoms with Crippen molar-refractivity contribution >= 4 is 23.0 Å². The smallest absolute Gasteiger partial charge is 0.323 e. The summed E-state index contributed by atoms with van der Waals surface area (Å²) >= 11 is 0. The number of nitrogens with zero attached hydrogens (tertiary/aromatic N) is 2. The van der Waals surface area contributed by atoms with E-state index in [9.17, 15) is 4.79 Å². The summed E-state index contributed by atoms with van der Waals surface area (Å²) in [5, 5.41) is 12.2. The molecule has 2 aromatic rings. The van der Waals surface area contributed by atoms with Gasteiger partial charge >= 0.3 is 5.97 Å². The number of para-hydroxylation sites is 2. The van der Waals surface area contributed by atoms with E-state index < -0.39 is 5.97 Å². The Balaban J connectivity index is 2.46. The normalized spacial score (nSPS) is 12.6. The average molecular weight is 247 g/mol. The van der Waals surface area contributed by atoms with E-state index in [4.69, 9.17) is 5.11 Å². The molecule has 0 bridgehead atoms. The topological polar surface area (TPSA) is 67.2 Å². The number of carboxylic acids is 1. The molecule has 2 rings (SSSR count). The van der Waals surface area contributed by atoms with Crippen LogP contribution in [0.3, 0.4) is 0 Å². The first-order valence-electron chi connectivity index (χ1n) is 6.05. The first-order valence-corrected chi connectivity index (χ1v) is 6.05. The van der Waals surface area contributed by atoms with Crippen LogP contribution in [0.25, 0.3) is 11.0 Å². The third-order valence-corrected chi connectivity index (χ3v) is 2.94. The molecule has 0 aliphatic rings. The van der Waals surface area contributed by atoms with E-state index in [1.165, 1.54) is 0 Å². The van der Waals surface area contributed by atoms with Crippen molar-refractivity contribution in [1.29, 1.82) is 0 Å². The van der Waals surface area contributed by atoms with Gasteiger partial charge in [0.2, 0.25) is 5.95 Å². The van der Waals surface area contributed by atoms with Crippen molar-refractivity contribution in [2.24, 2.45) is 0 Å². The van der Waals surface area contributed by atoms with Crippen LogP contribution in [0, 0.1) is 0 Å². The van der Waals surface area contributed by atoms with Gasteiger partial charge in [0.15, 0.2) is 0 Å². The number of nitrogens with one attached hydrogen (secondary N) is 1. The number of imidazole rings is 1. The standard InChI is InChI=1S/C13H17N3O2/c1-3-9(2)14-13-15-10-6-4-5-7-11(10)16(13)8-12(17)18/h4-7,9H,3,8H2,1-2H3,(H,14,15)(H,17,18). The third kappa shape index (κ3) is 2.45. The fraction of sp³-hybridized carbons (Fsp3) is 0.385. The van der Waals surface area contributed by atoms with Gasteiger partial charge < -0.3 is 10.4 Å². The lowest BCUT2D eigenvalue weighted by atomic mass is 10.3. The molecule has 1 aromatic carbocycles. The Bertz CT molecular complexity index is 562. The number of aliphatic carboxylic acids is 1. The molecule has 0 aliphatic heterocycles. The van der Waals surface area contributed by atoms with Gasteiger partial charge in [-0.3, -0.25) is 9.36 Å². The molecular formula is C13H17N3O2. The number of carbonyl (C=O) groups is 1. The van der Waals surface area contributed by atoms with Crippen LogP contribution < -0.4 is 5.32 Å². The van der Waals surface area contributed by atoms with Crippen molar-refractivity contribution in [3.05, 3.63) is 24.3 Å². The van der Waals surface area contributed by atoms with E-state index in [1.54, 1.807) is 4.57 Å². The third-order valence-electron chi connectivity index (χ3n) is 2.94. The monoisotopic (exact) mass is 247 g/mol. The molecule has 5 heteroatoms. The minimum absolute atomic E-state index is 0.0840. The Morgan fingerprint density at radius 3 is 2.89 bits per heavy atom. The Kier molecular flexibility index (Phi) is 3.50. The molecule has 0 fully saturated rings. The van der Waals surface area contributed by atoms with Gasteiger partial charge in [-0.05, 0) is 25.5 Å². The van der Waals surface area contributed by atoms with Crippen LogP contribution >= 0.6 is 0 Å². The highest BCUT2D eigenvalue weighted by molar-refractivity contribution is 5.81. The van der Waals surface area contributed by atoms with E-state index in [2.05, 4.69) is 17.2 Å². The zero-order valence-corrected chi connectivity index (χ0v) is 10.6. The fourth-order valence-corrected chi connectivity index (χ4v) is 1.80. The molecule has 2 N–H and O–H groups in total. The first kappa shape index (κ1) is 12.4. The summed E-state index contributed by atoms with van der Waals surface area (Å²) in [4.78, 5) is 15.4. The molecule has 1 heterocycles. The van der Waals surface area contributed by atoms with E-state index in [0.29, 0.717) is 5.95 Å². The number of anilines is 1. The Labute approximate surface area is 105 Å². The summed E-state index contributed by atoms with van der Waals surface area (Å²) < 4.78 is 1.70. The fourth-order valence-electron chi connectivity index (χ4n) is 1.80. The summed E-state index contributed by atoms with van der Waals surface area (Å²) in [6, 6.07) is 7.81.